The summed E-state index contributed by atoms with van der Waals surface area (Å²) in [5.74, 6) is -0.877. The Morgan fingerprint density at radius 1 is 1.41 bits per heavy atom. The molecule has 120 valence electrons. The van der Waals surface area contributed by atoms with E-state index < -0.39 is 12.1 Å². The van der Waals surface area contributed by atoms with Crippen LogP contribution in [0.15, 0.2) is 32.9 Å². The fraction of sp³-hybridized carbons (Fsp3) is 0.500. The summed E-state index contributed by atoms with van der Waals surface area (Å²) in [7, 11) is 0. The summed E-state index contributed by atoms with van der Waals surface area (Å²) < 4.78 is 10.6. The van der Waals surface area contributed by atoms with Gasteiger partial charge in [-0.05, 0) is 67.1 Å². The van der Waals surface area contributed by atoms with Crippen LogP contribution in [0.3, 0.4) is 0 Å². The molecule has 1 aromatic heterocycles. The standard InChI is InChI=1S/C16H20BrNO4/c1-11(21-16(20)13-7-8-14(17)22-13)15(19)18-10-9-12-5-3-2-4-6-12/h5,7-8,11H,2-4,6,9-10H2,1H3,(H,18,19)/t11-/m0/s1. The molecule has 1 amide bonds. The van der Waals surface area contributed by atoms with Gasteiger partial charge in [-0.1, -0.05) is 11.6 Å². The van der Waals surface area contributed by atoms with Crippen LogP contribution in [0.5, 0.6) is 0 Å². The van der Waals surface area contributed by atoms with E-state index in [1.165, 1.54) is 24.5 Å². The Hall–Kier alpha value is -1.56. The maximum Gasteiger partial charge on any atom is 0.375 e. The molecule has 1 aromatic rings. The van der Waals surface area contributed by atoms with E-state index in [4.69, 9.17) is 9.15 Å². The first-order valence-electron chi connectivity index (χ1n) is 7.48. The number of hydrogen-bond donors (Lipinski definition) is 1. The molecule has 1 aliphatic carbocycles. The number of rotatable bonds is 6. The number of halogens is 1. The van der Waals surface area contributed by atoms with Crippen LogP contribution in [0.1, 0.15) is 49.6 Å². The van der Waals surface area contributed by atoms with E-state index in [9.17, 15) is 9.59 Å². The van der Waals surface area contributed by atoms with Crippen molar-refractivity contribution in [3.63, 3.8) is 0 Å². The molecule has 0 radical (unpaired) electrons. The van der Waals surface area contributed by atoms with E-state index in [0.717, 1.165) is 19.3 Å². The monoisotopic (exact) mass is 369 g/mol. The second kappa shape index (κ2) is 8.17. The van der Waals surface area contributed by atoms with Crippen LogP contribution in [0, 0.1) is 0 Å². The van der Waals surface area contributed by atoms with Crippen molar-refractivity contribution in [2.75, 3.05) is 6.54 Å². The zero-order valence-electron chi connectivity index (χ0n) is 12.6. The number of ether oxygens (including phenoxy) is 1. The SMILES string of the molecule is C[C@H](OC(=O)c1ccc(Br)o1)C(=O)NCCC1=CCCCC1. The second-order valence-corrected chi connectivity index (χ2v) is 6.08. The van der Waals surface area contributed by atoms with E-state index in [1.807, 2.05) is 0 Å². The van der Waals surface area contributed by atoms with Crippen molar-refractivity contribution in [3.8, 4) is 0 Å². The molecule has 1 N–H and O–H groups in total. The molecule has 1 atom stereocenters. The molecule has 0 saturated carbocycles. The number of hydrogen-bond acceptors (Lipinski definition) is 4. The lowest BCUT2D eigenvalue weighted by atomic mass is 9.97. The van der Waals surface area contributed by atoms with Crippen molar-refractivity contribution < 1.29 is 18.7 Å². The molecule has 0 aromatic carbocycles. The van der Waals surface area contributed by atoms with Gasteiger partial charge in [0.15, 0.2) is 10.8 Å². The lowest BCUT2D eigenvalue weighted by molar-refractivity contribution is -0.129. The zero-order valence-corrected chi connectivity index (χ0v) is 14.1. The molecule has 1 aliphatic rings. The maximum absolute atomic E-state index is 11.9. The quantitative estimate of drug-likeness (QED) is 0.614. The Bertz CT molecular complexity index is 564. The molecule has 6 heteroatoms. The van der Waals surface area contributed by atoms with Crippen LogP contribution < -0.4 is 5.32 Å². The van der Waals surface area contributed by atoms with E-state index in [1.54, 1.807) is 13.0 Å². The molecule has 2 rings (SSSR count). The highest BCUT2D eigenvalue weighted by Crippen LogP contribution is 2.19. The Kier molecular flexibility index (Phi) is 6.24. The number of furan rings is 1. The number of carbonyl (C=O) groups is 2. The summed E-state index contributed by atoms with van der Waals surface area (Å²) in [6.45, 7) is 2.12. The van der Waals surface area contributed by atoms with Crippen molar-refractivity contribution >= 4 is 27.8 Å². The van der Waals surface area contributed by atoms with Crippen molar-refractivity contribution in [1.29, 1.82) is 0 Å². The second-order valence-electron chi connectivity index (χ2n) is 5.30. The highest BCUT2D eigenvalue weighted by atomic mass is 79.9. The molecule has 0 unspecified atom stereocenters. The minimum absolute atomic E-state index is 0.0684. The lowest BCUT2D eigenvalue weighted by Gasteiger charge is -2.15. The molecular formula is C16H20BrNO4. The highest BCUT2D eigenvalue weighted by Gasteiger charge is 2.20. The summed E-state index contributed by atoms with van der Waals surface area (Å²) in [5.41, 5.74) is 1.40. The van der Waals surface area contributed by atoms with Crippen LogP contribution >= 0.6 is 15.9 Å². The minimum atomic E-state index is -0.850. The number of allylic oxidation sites excluding steroid dienone is 1. The maximum atomic E-state index is 11.9. The molecular weight excluding hydrogens is 350 g/mol. The van der Waals surface area contributed by atoms with Crippen LogP contribution in [0.4, 0.5) is 0 Å². The molecule has 0 spiro atoms. The van der Waals surface area contributed by atoms with Gasteiger partial charge in [0.2, 0.25) is 5.76 Å². The van der Waals surface area contributed by atoms with E-state index >= 15 is 0 Å². The first-order chi connectivity index (χ1) is 10.6. The largest absolute Gasteiger partial charge is 0.447 e. The fourth-order valence-electron chi connectivity index (χ4n) is 2.32. The van der Waals surface area contributed by atoms with Gasteiger partial charge in [0.05, 0.1) is 0 Å². The third-order valence-corrected chi connectivity index (χ3v) is 3.98. The number of amides is 1. The van der Waals surface area contributed by atoms with Gasteiger partial charge < -0.3 is 14.5 Å². The summed E-state index contributed by atoms with van der Waals surface area (Å²) in [4.78, 5) is 23.7. The highest BCUT2D eigenvalue weighted by molar-refractivity contribution is 9.10. The Labute approximate surface area is 138 Å². The molecule has 22 heavy (non-hydrogen) atoms. The van der Waals surface area contributed by atoms with Crippen LogP contribution in [-0.2, 0) is 9.53 Å². The first-order valence-corrected chi connectivity index (χ1v) is 8.27. The van der Waals surface area contributed by atoms with Gasteiger partial charge in [-0.15, -0.1) is 0 Å². The first kappa shape index (κ1) is 16.8. The molecule has 0 aliphatic heterocycles. The Morgan fingerprint density at radius 3 is 2.86 bits per heavy atom. The van der Waals surface area contributed by atoms with Crippen LogP contribution in [0.25, 0.3) is 0 Å². The molecule has 0 saturated heterocycles. The third-order valence-electron chi connectivity index (χ3n) is 3.56. The molecule has 1 heterocycles. The van der Waals surface area contributed by atoms with Crippen molar-refractivity contribution in [1.82, 2.24) is 5.32 Å². The summed E-state index contributed by atoms with van der Waals surface area (Å²) in [6.07, 6.45) is 7.00. The van der Waals surface area contributed by atoms with Gasteiger partial charge in [-0.25, -0.2) is 4.79 Å². The Balaban J connectivity index is 1.72. The Morgan fingerprint density at radius 2 is 2.23 bits per heavy atom. The summed E-state index contributed by atoms with van der Waals surface area (Å²) >= 11 is 3.11. The van der Waals surface area contributed by atoms with E-state index in [-0.39, 0.29) is 11.7 Å². The lowest BCUT2D eigenvalue weighted by Crippen LogP contribution is -2.36. The number of nitrogens with one attached hydrogen (secondary N) is 1. The van der Waals surface area contributed by atoms with Gasteiger partial charge in [0.25, 0.3) is 5.91 Å². The van der Waals surface area contributed by atoms with Gasteiger partial charge in [0, 0.05) is 6.54 Å². The molecule has 0 bridgehead atoms. The predicted octanol–water partition coefficient (Wildman–Crippen LogP) is 3.59. The number of carbonyl (C=O) groups excluding carboxylic acids is 2. The van der Waals surface area contributed by atoms with Gasteiger partial charge >= 0.3 is 5.97 Å². The van der Waals surface area contributed by atoms with Crippen molar-refractivity contribution in [3.05, 3.63) is 34.2 Å². The third kappa shape index (κ3) is 5.02. The minimum Gasteiger partial charge on any atom is -0.447 e. The topological polar surface area (TPSA) is 68.5 Å². The van der Waals surface area contributed by atoms with E-state index in [2.05, 4.69) is 27.3 Å². The zero-order chi connectivity index (χ0) is 15.9. The van der Waals surface area contributed by atoms with Gasteiger partial charge in [-0.2, -0.15) is 0 Å². The van der Waals surface area contributed by atoms with Crippen molar-refractivity contribution in [2.45, 2.75) is 45.1 Å². The summed E-state index contributed by atoms with van der Waals surface area (Å²) in [6, 6.07) is 3.09. The van der Waals surface area contributed by atoms with Gasteiger partial charge in [-0.3, -0.25) is 4.79 Å². The van der Waals surface area contributed by atoms with Crippen LogP contribution in [0.2, 0.25) is 0 Å². The number of esters is 1. The predicted molar refractivity (Wildman–Crippen MR) is 85.5 cm³/mol. The molecule has 5 nitrogen and oxygen atoms in total. The van der Waals surface area contributed by atoms with E-state index in [0.29, 0.717) is 11.2 Å². The fourth-order valence-corrected chi connectivity index (χ4v) is 2.62. The van der Waals surface area contributed by atoms with Crippen LogP contribution in [-0.4, -0.2) is 24.5 Å². The van der Waals surface area contributed by atoms with Crippen molar-refractivity contribution in [2.24, 2.45) is 0 Å². The normalized spacial score (nSPS) is 15.8. The average molecular weight is 370 g/mol. The molecule has 0 fully saturated rings. The smallest absolute Gasteiger partial charge is 0.375 e. The van der Waals surface area contributed by atoms with Gasteiger partial charge in [0.1, 0.15) is 0 Å². The average Bonchev–Trinajstić information content (AvgIpc) is 2.95. The summed E-state index contributed by atoms with van der Waals surface area (Å²) in [5, 5.41) is 2.79.